The number of rotatable bonds is 6. The van der Waals surface area contributed by atoms with E-state index in [0.29, 0.717) is 5.92 Å². The number of allylic oxidation sites excluding steroid dienone is 3. The minimum atomic E-state index is 0.111. The van der Waals surface area contributed by atoms with Crippen molar-refractivity contribution in [1.29, 1.82) is 0 Å². The zero-order valence-corrected chi connectivity index (χ0v) is 9.84. The van der Waals surface area contributed by atoms with Gasteiger partial charge in [0.25, 0.3) is 0 Å². The number of benzene rings is 1. The molecule has 0 aliphatic heterocycles. The fraction of sp³-hybridized carbons (Fsp3) is 0.333. The molecule has 1 heteroatoms. The molecule has 86 valence electrons. The van der Waals surface area contributed by atoms with Crippen LogP contribution in [-0.2, 0) is 6.42 Å². The van der Waals surface area contributed by atoms with E-state index in [-0.39, 0.29) is 6.61 Å². The van der Waals surface area contributed by atoms with Crippen LogP contribution >= 0.6 is 0 Å². The molecule has 0 fully saturated rings. The fourth-order valence-corrected chi connectivity index (χ4v) is 1.63. The third-order valence-electron chi connectivity index (χ3n) is 2.60. The van der Waals surface area contributed by atoms with Crippen LogP contribution in [0.2, 0.25) is 0 Å². The van der Waals surface area contributed by atoms with E-state index in [4.69, 9.17) is 5.11 Å². The summed E-state index contributed by atoms with van der Waals surface area (Å²) >= 11 is 0. The van der Waals surface area contributed by atoms with Gasteiger partial charge in [0.1, 0.15) is 0 Å². The van der Waals surface area contributed by atoms with E-state index in [1.165, 1.54) is 5.56 Å². The summed E-state index contributed by atoms with van der Waals surface area (Å²) in [5.74, 6) is 0.575. The summed E-state index contributed by atoms with van der Waals surface area (Å²) in [6, 6.07) is 10.5. The molecule has 1 aromatic carbocycles. The van der Waals surface area contributed by atoms with Crippen molar-refractivity contribution >= 4 is 0 Å². The lowest BCUT2D eigenvalue weighted by Gasteiger charge is -2.09. The average molecular weight is 216 g/mol. The molecule has 1 rings (SSSR count). The largest absolute Gasteiger partial charge is 0.392 e. The summed E-state index contributed by atoms with van der Waals surface area (Å²) in [7, 11) is 0. The third-order valence-corrected chi connectivity index (χ3v) is 2.60. The predicted molar refractivity (Wildman–Crippen MR) is 69.3 cm³/mol. The van der Waals surface area contributed by atoms with Crippen LogP contribution in [0, 0.1) is 5.92 Å². The van der Waals surface area contributed by atoms with Crippen LogP contribution in [0.3, 0.4) is 0 Å². The van der Waals surface area contributed by atoms with E-state index in [9.17, 15) is 0 Å². The molecule has 0 radical (unpaired) electrons. The van der Waals surface area contributed by atoms with Crippen LogP contribution in [0.4, 0.5) is 0 Å². The highest BCUT2D eigenvalue weighted by molar-refractivity contribution is 5.17. The van der Waals surface area contributed by atoms with Crippen molar-refractivity contribution in [3.05, 3.63) is 60.2 Å². The molecule has 0 spiro atoms. The molecule has 0 bridgehead atoms. The van der Waals surface area contributed by atoms with Gasteiger partial charge in [0.15, 0.2) is 0 Å². The van der Waals surface area contributed by atoms with Gasteiger partial charge in [-0.05, 0) is 24.3 Å². The van der Waals surface area contributed by atoms with Gasteiger partial charge in [-0.2, -0.15) is 0 Å². The maximum Gasteiger partial charge on any atom is 0.0615 e. The summed E-state index contributed by atoms with van der Waals surface area (Å²) in [6.45, 7) is 2.31. The van der Waals surface area contributed by atoms with Crippen LogP contribution in [0.25, 0.3) is 0 Å². The standard InChI is InChI=1S/C15H20O/c1-2-14(9-7-4-8-12-16)13-15-10-5-3-6-11-15/h3-11,14,16H,2,12-13H2,1H3/b8-4+,9-7+. The van der Waals surface area contributed by atoms with Crippen LogP contribution in [0.15, 0.2) is 54.6 Å². The van der Waals surface area contributed by atoms with Crippen molar-refractivity contribution in [2.75, 3.05) is 6.61 Å². The highest BCUT2D eigenvalue weighted by atomic mass is 16.2. The van der Waals surface area contributed by atoms with Gasteiger partial charge in [0.05, 0.1) is 6.61 Å². The van der Waals surface area contributed by atoms with Gasteiger partial charge in [-0.1, -0.05) is 61.6 Å². The molecule has 1 N–H and O–H groups in total. The first-order chi connectivity index (χ1) is 7.86. The van der Waals surface area contributed by atoms with Crippen molar-refractivity contribution in [1.82, 2.24) is 0 Å². The van der Waals surface area contributed by atoms with Crippen molar-refractivity contribution in [2.45, 2.75) is 19.8 Å². The molecule has 0 aromatic heterocycles. The lowest BCUT2D eigenvalue weighted by Crippen LogP contribution is -1.99. The minimum Gasteiger partial charge on any atom is -0.392 e. The van der Waals surface area contributed by atoms with E-state index >= 15 is 0 Å². The van der Waals surface area contributed by atoms with Crippen LogP contribution in [0.5, 0.6) is 0 Å². The smallest absolute Gasteiger partial charge is 0.0615 e. The molecule has 0 saturated carbocycles. The minimum absolute atomic E-state index is 0.111. The van der Waals surface area contributed by atoms with E-state index in [1.54, 1.807) is 6.08 Å². The third kappa shape index (κ3) is 4.94. The Balaban J connectivity index is 2.49. The summed E-state index contributed by atoms with van der Waals surface area (Å²) < 4.78 is 0. The van der Waals surface area contributed by atoms with E-state index < -0.39 is 0 Å². The Hall–Kier alpha value is -1.34. The molecule has 1 nitrogen and oxygen atoms in total. The Morgan fingerprint density at radius 1 is 1.19 bits per heavy atom. The predicted octanol–water partition coefficient (Wildman–Crippen LogP) is 3.36. The van der Waals surface area contributed by atoms with Crippen molar-refractivity contribution in [2.24, 2.45) is 5.92 Å². The van der Waals surface area contributed by atoms with Gasteiger partial charge in [0, 0.05) is 0 Å². The van der Waals surface area contributed by atoms with Crippen molar-refractivity contribution in [3.8, 4) is 0 Å². The molecule has 0 aliphatic carbocycles. The van der Waals surface area contributed by atoms with Gasteiger partial charge in [-0.15, -0.1) is 0 Å². The second-order valence-corrected chi connectivity index (χ2v) is 3.85. The summed E-state index contributed by atoms with van der Waals surface area (Å²) in [6.07, 6.45) is 10.1. The van der Waals surface area contributed by atoms with E-state index in [2.05, 4.69) is 37.3 Å². The molecule has 0 amide bonds. The van der Waals surface area contributed by atoms with Crippen molar-refractivity contribution < 1.29 is 5.11 Å². The SMILES string of the molecule is CCC(/C=C/C=C/CO)Cc1ccccc1. The van der Waals surface area contributed by atoms with E-state index in [0.717, 1.165) is 12.8 Å². The maximum absolute atomic E-state index is 8.60. The number of aliphatic hydroxyl groups excluding tert-OH is 1. The molecule has 0 saturated heterocycles. The summed E-state index contributed by atoms with van der Waals surface area (Å²) in [5.41, 5.74) is 1.38. The lowest BCUT2D eigenvalue weighted by atomic mass is 9.96. The summed E-state index contributed by atoms with van der Waals surface area (Å²) in [5, 5.41) is 8.60. The van der Waals surface area contributed by atoms with Crippen LogP contribution in [-0.4, -0.2) is 11.7 Å². The monoisotopic (exact) mass is 216 g/mol. The normalized spacial score (nSPS) is 13.6. The molecule has 1 unspecified atom stereocenters. The lowest BCUT2D eigenvalue weighted by molar-refractivity contribution is 0.343. The Kier molecular flexibility index (Phi) is 6.28. The van der Waals surface area contributed by atoms with Gasteiger partial charge in [-0.3, -0.25) is 0 Å². The van der Waals surface area contributed by atoms with Gasteiger partial charge in [0.2, 0.25) is 0 Å². The first-order valence-corrected chi connectivity index (χ1v) is 5.85. The Morgan fingerprint density at radius 3 is 2.56 bits per heavy atom. The molecule has 1 atom stereocenters. The average Bonchev–Trinajstić information content (AvgIpc) is 2.34. The molecular weight excluding hydrogens is 196 g/mol. The van der Waals surface area contributed by atoms with E-state index in [1.807, 2.05) is 18.2 Å². The Bertz CT molecular complexity index is 325. The first-order valence-electron chi connectivity index (χ1n) is 5.85. The van der Waals surface area contributed by atoms with Crippen molar-refractivity contribution in [3.63, 3.8) is 0 Å². The quantitative estimate of drug-likeness (QED) is 0.723. The Morgan fingerprint density at radius 2 is 1.94 bits per heavy atom. The van der Waals surface area contributed by atoms with Gasteiger partial charge >= 0.3 is 0 Å². The van der Waals surface area contributed by atoms with Crippen LogP contribution < -0.4 is 0 Å². The zero-order chi connectivity index (χ0) is 11.6. The molecule has 16 heavy (non-hydrogen) atoms. The van der Waals surface area contributed by atoms with Gasteiger partial charge < -0.3 is 5.11 Å². The number of hydrogen-bond donors (Lipinski definition) is 1. The fourth-order valence-electron chi connectivity index (χ4n) is 1.63. The Labute approximate surface area is 98.1 Å². The maximum atomic E-state index is 8.60. The number of hydrogen-bond acceptors (Lipinski definition) is 1. The molecular formula is C15H20O. The highest BCUT2D eigenvalue weighted by Crippen LogP contribution is 2.13. The van der Waals surface area contributed by atoms with Crippen LogP contribution in [0.1, 0.15) is 18.9 Å². The molecule has 1 aromatic rings. The second kappa shape index (κ2) is 7.89. The first kappa shape index (κ1) is 12.7. The molecule has 0 aliphatic rings. The number of aliphatic hydroxyl groups is 1. The molecule has 0 heterocycles. The highest BCUT2D eigenvalue weighted by Gasteiger charge is 2.02. The van der Waals surface area contributed by atoms with Gasteiger partial charge in [-0.25, -0.2) is 0 Å². The zero-order valence-electron chi connectivity index (χ0n) is 9.84. The second-order valence-electron chi connectivity index (χ2n) is 3.85. The summed E-state index contributed by atoms with van der Waals surface area (Å²) in [4.78, 5) is 0. The topological polar surface area (TPSA) is 20.2 Å².